The van der Waals surface area contributed by atoms with E-state index in [1.165, 1.54) is 83.5 Å². The molecular formula is C21H39B2. The van der Waals surface area contributed by atoms with Crippen LogP contribution in [0.25, 0.3) is 0 Å². The maximum atomic E-state index is 7.21. The highest BCUT2D eigenvalue weighted by molar-refractivity contribution is 6.47. The van der Waals surface area contributed by atoms with Crippen LogP contribution < -0.4 is 0 Å². The van der Waals surface area contributed by atoms with Gasteiger partial charge in [-0.05, 0) is 5.92 Å². The summed E-state index contributed by atoms with van der Waals surface area (Å²) in [6, 6.07) is 0. The average Bonchev–Trinajstić information content (AvgIpc) is 2.61. The Balaban J connectivity index is 2.17. The van der Waals surface area contributed by atoms with Crippen LogP contribution in [0.15, 0.2) is 0 Å². The monoisotopic (exact) mass is 313 g/mol. The van der Waals surface area contributed by atoms with E-state index < -0.39 is 0 Å². The van der Waals surface area contributed by atoms with Crippen LogP contribution in [0.2, 0.25) is 15.9 Å². The zero-order valence-corrected chi connectivity index (χ0v) is 16.4. The van der Waals surface area contributed by atoms with Gasteiger partial charge in [-0.15, -0.1) is 0 Å². The topological polar surface area (TPSA) is 0 Å². The van der Waals surface area contributed by atoms with Crippen molar-refractivity contribution in [3.63, 3.8) is 0 Å². The van der Waals surface area contributed by atoms with E-state index in [0.29, 0.717) is 5.31 Å². The highest BCUT2D eigenvalue weighted by atomic mass is 14.4. The fourth-order valence-electron chi connectivity index (χ4n) is 5.21. The third-order valence-corrected chi connectivity index (χ3v) is 7.43. The first-order valence-corrected chi connectivity index (χ1v) is 10.5. The lowest BCUT2D eigenvalue weighted by Gasteiger charge is -2.51. The first kappa shape index (κ1) is 19.5. The number of hydrogen-bond donors (Lipinski definition) is 0. The minimum atomic E-state index is 0.0126. The van der Waals surface area contributed by atoms with E-state index in [0.717, 1.165) is 5.92 Å². The predicted octanol–water partition coefficient (Wildman–Crippen LogP) is 7.13. The van der Waals surface area contributed by atoms with Crippen molar-refractivity contribution in [2.75, 3.05) is 0 Å². The fourth-order valence-corrected chi connectivity index (χ4v) is 5.21. The van der Waals surface area contributed by atoms with Crippen molar-refractivity contribution in [2.45, 2.75) is 127 Å². The highest BCUT2D eigenvalue weighted by Gasteiger charge is 2.48. The van der Waals surface area contributed by atoms with E-state index in [4.69, 9.17) is 7.85 Å². The Morgan fingerprint density at radius 3 is 1.74 bits per heavy atom. The molecule has 3 radical (unpaired) electrons. The van der Waals surface area contributed by atoms with E-state index in [2.05, 4.69) is 35.0 Å². The minimum Gasteiger partial charge on any atom is -0.0677 e. The van der Waals surface area contributed by atoms with E-state index in [9.17, 15) is 0 Å². The standard InChI is InChI=1S/C21H39B2/c1-18-14-13-15-20(4,23-19(18,2)3)21(22)16-11-9-7-5-6-8-10-12-17-21/h18H,5-17H2,1-4H3. The van der Waals surface area contributed by atoms with Gasteiger partial charge >= 0.3 is 0 Å². The van der Waals surface area contributed by atoms with E-state index >= 15 is 0 Å². The van der Waals surface area contributed by atoms with Gasteiger partial charge in [0.1, 0.15) is 7.28 Å². The maximum absolute atomic E-state index is 7.21. The molecule has 2 fully saturated rings. The lowest BCUT2D eigenvalue weighted by molar-refractivity contribution is 0.314. The van der Waals surface area contributed by atoms with Crippen LogP contribution in [0.4, 0.5) is 0 Å². The second-order valence-corrected chi connectivity index (χ2v) is 9.66. The number of rotatable bonds is 1. The van der Waals surface area contributed by atoms with Crippen LogP contribution in [0.5, 0.6) is 0 Å². The quantitative estimate of drug-likeness (QED) is 0.452. The molecule has 129 valence electrons. The molecule has 1 aliphatic carbocycles. The van der Waals surface area contributed by atoms with Crippen molar-refractivity contribution >= 4 is 15.1 Å². The molecule has 0 amide bonds. The van der Waals surface area contributed by atoms with Crippen molar-refractivity contribution in [3.05, 3.63) is 0 Å². The van der Waals surface area contributed by atoms with Crippen LogP contribution in [0, 0.1) is 5.92 Å². The SMILES string of the molecule is [B]C1(C2(C)[B]C(C)(C)C(C)CCC2)CCCCCCCCCC1. The summed E-state index contributed by atoms with van der Waals surface area (Å²) in [6.07, 6.45) is 17.6. The van der Waals surface area contributed by atoms with Gasteiger partial charge in [-0.3, -0.25) is 0 Å². The molecular weight excluding hydrogens is 274 g/mol. The Hall–Kier alpha value is 0.130. The highest BCUT2D eigenvalue weighted by Crippen LogP contribution is 2.63. The molecule has 1 saturated carbocycles. The molecule has 2 unspecified atom stereocenters. The lowest BCUT2D eigenvalue weighted by Crippen LogP contribution is -2.38. The molecule has 0 bridgehead atoms. The average molecular weight is 313 g/mol. The molecule has 2 atom stereocenters. The molecule has 2 heteroatoms. The van der Waals surface area contributed by atoms with E-state index in [1.54, 1.807) is 0 Å². The summed E-state index contributed by atoms with van der Waals surface area (Å²) < 4.78 is 0. The molecule has 0 nitrogen and oxygen atoms in total. The van der Waals surface area contributed by atoms with E-state index in [1.807, 2.05) is 0 Å². The summed E-state index contributed by atoms with van der Waals surface area (Å²) in [6.45, 7) is 9.81. The van der Waals surface area contributed by atoms with Gasteiger partial charge in [-0.2, -0.15) is 0 Å². The zero-order valence-electron chi connectivity index (χ0n) is 16.4. The van der Waals surface area contributed by atoms with Gasteiger partial charge in [0.15, 0.2) is 0 Å². The van der Waals surface area contributed by atoms with Crippen LogP contribution in [-0.2, 0) is 0 Å². The molecule has 2 aliphatic rings. The van der Waals surface area contributed by atoms with Crippen LogP contribution >= 0.6 is 0 Å². The second-order valence-electron chi connectivity index (χ2n) is 9.66. The Labute approximate surface area is 148 Å². The van der Waals surface area contributed by atoms with Gasteiger partial charge in [0.2, 0.25) is 0 Å². The Kier molecular flexibility index (Phi) is 6.77. The lowest BCUT2D eigenvalue weighted by atomic mass is 9.28. The second kappa shape index (κ2) is 8.01. The Morgan fingerprint density at radius 1 is 0.739 bits per heavy atom. The normalized spacial score (nSPS) is 36.3. The maximum Gasteiger partial charge on any atom is 0.125 e. The third-order valence-electron chi connectivity index (χ3n) is 7.43. The molecule has 0 N–H and O–H groups in total. The van der Waals surface area contributed by atoms with Crippen LogP contribution in [0.1, 0.15) is 111 Å². The summed E-state index contributed by atoms with van der Waals surface area (Å²) in [5, 5.41) is 0.526. The number of hydrogen-bond acceptors (Lipinski definition) is 0. The summed E-state index contributed by atoms with van der Waals surface area (Å²) in [5.41, 5.74) is 0. The van der Waals surface area contributed by atoms with Gasteiger partial charge in [0.05, 0.1) is 7.85 Å². The summed E-state index contributed by atoms with van der Waals surface area (Å²) in [4.78, 5) is 0. The summed E-state index contributed by atoms with van der Waals surface area (Å²) in [7, 11) is 9.91. The molecule has 0 spiro atoms. The van der Waals surface area contributed by atoms with Crippen molar-refractivity contribution in [3.8, 4) is 0 Å². The van der Waals surface area contributed by atoms with Crippen LogP contribution in [0.3, 0.4) is 0 Å². The molecule has 2 rings (SSSR count). The zero-order chi connectivity index (χ0) is 17.0. The van der Waals surface area contributed by atoms with Gasteiger partial charge in [-0.1, -0.05) is 127 Å². The Bertz CT molecular complexity index is 351. The first-order chi connectivity index (χ1) is 10.8. The van der Waals surface area contributed by atoms with Crippen molar-refractivity contribution in [1.29, 1.82) is 0 Å². The van der Waals surface area contributed by atoms with Crippen molar-refractivity contribution < 1.29 is 0 Å². The van der Waals surface area contributed by atoms with Crippen molar-refractivity contribution in [2.24, 2.45) is 5.92 Å². The minimum absolute atomic E-state index is 0.0126. The predicted molar refractivity (Wildman–Crippen MR) is 106 cm³/mol. The van der Waals surface area contributed by atoms with Gasteiger partial charge in [-0.25, -0.2) is 0 Å². The molecule has 1 aliphatic heterocycles. The third kappa shape index (κ3) is 4.82. The first-order valence-electron chi connectivity index (χ1n) is 10.5. The Morgan fingerprint density at radius 2 is 1.22 bits per heavy atom. The largest absolute Gasteiger partial charge is 0.125 e. The molecule has 0 aromatic carbocycles. The summed E-state index contributed by atoms with van der Waals surface area (Å²) in [5.74, 6) is 0.774. The van der Waals surface area contributed by atoms with Gasteiger partial charge in [0, 0.05) is 0 Å². The molecule has 0 aromatic heterocycles. The molecule has 1 saturated heterocycles. The van der Waals surface area contributed by atoms with Crippen molar-refractivity contribution in [1.82, 2.24) is 0 Å². The smallest absolute Gasteiger partial charge is 0.0677 e. The molecule has 23 heavy (non-hydrogen) atoms. The molecule has 0 aromatic rings. The van der Waals surface area contributed by atoms with Gasteiger partial charge in [0.25, 0.3) is 0 Å². The van der Waals surface area contributed by atoms with Crippen LogP contribution in [-0.4, -0.2) is 15.1 Å². The van der Waals surface area contributed by atoms with E-state index in [-0.39, 0.29) is 10.6 Å². The summed E-state index contributed by atoms with van der Waals surface area (Å²) >= 11 is 0. The molecule has 1 heterocycles. The van der Waals surface area contributed by atoms with Gasteiger partial charge < -0.3 is 0 Å². The fraction of sp³-hybridized carbons (Fsp3) is 1.00.